The predicted octanol–water partition coefficient (Wildman–Crippen LogP) is 6.52. The van der Waals surface area contributed by atoms with Crippen LogP contribution in [-0.2, 0) is 14.8 Å². The molecule has 9 nitrogen and oxygen atoms in total. The molecule has 1 aromatic heterocycles. The largest absolute Gasteiger partial charge is 0.356 e. The van der Waals surface area contributed by atoms with Gasteiger partial charge in [-0.25, -0.2) is 21.6 Å². The summed E-state index contributed by atoms with van der Waals surface area (Å²) in [6.07, 6.45) is 8.28. The fourth-order valence-electron chi connectivity index (χ4n) is 5.52. The summed E-state index contributed by atoms with van der Waals surface area (Å²) >= 11 is 0. The average Bonchev–Trinajstić information content (AvgIpc) is 3.00. The minimum Gasteiger partial charge on any atom is -0.356 e. The maximum Gasteiger partial charge on any atom is 0.262 e. The third kappa shape index (κ3) is 9.71. The number of pyridine rings is 1. The Kier molecular flexibility index (Phi) is 12.9. The van der Waals surface area contributed by atoms with Crippen LogP contribution < -0.4 is 0 Å². The Labute approximate surface area is 277 Å². The molecule has 13 heteroatoms. The van der Waals surface area contributed by atoms with Crippen LogP contribution in [0.25, 0.3) is 0 Å². The standard InChI is InChI=1S/C34H48F3N5O4S/c1-8-42(47(44,45)24(3)29(36)13-12-23(2)35)30-11-9-10-28(34(30,7)37)31(38)27(25-14-18-39-19-15-25)22-40-26-16-20-41(21-17-26)32(43)46-33(4,5)6/h10-15,18-19,22-23,26-27,32,38,43H,8-9,16-17,20-21H2,1-7H3. The number of rotatable bonds is 13. The first-order valence-electron chi connectivity index (χ1n) is 15.8. The molecule has 2 aliphatic rings. The number of nitrogens with one attached hydrogen (secondary N) is 1. The quantitative estimate of drug-likeness (QED) is 0.139. The van der Waals surface area contributed by atoms with Crippen LogP contribution in [0.4, 0.5) is 13.2 Å². The molecule has 0 spiro atoms. The van der Waals surface area contributed by atoms with Crippen molar-refractivity contribution in [2.45, 2.75) is 104 Å². The molecule has 0 bridgehead atoms. The molecule has 0 saturated carbocycles. The number of allylic oxidation sites excluding steroid dienone is 7. The molecule has 0 amide bonds. The number of piperidine rings is 1. The highest BCUT2D eigenvalue weighted by Gasteiger charge is 2.44. The number of hydrogen-bond donors (Lipinski definition) is 2. The van der Waals surface area contributed by atoms with Gasteiger partial charge in [0.2, 0.25) is 6.41 Å². The highest BCUT2D eigenvalue weighted by molar-refractivity contribution is 7.93. The van der Waals surface area contributed by atoms with E-state index in [2.05, 4.69) is 4.98 Å². The summed E-state index contributed by atoms with van der Waals surface area (Å²) in [6, 6.07) is 3.34. The fraction of sp³-hybridized carbons (Fsp3) is 0.559. The Balaban J connectivity index is 1.88. The highest BCUT2D eigenvalue weighted by Crippen LogP contribution is 2.41. The van der Waals surface area contributed by atoms with Gasteiger partial charge in [-0.05, 0) is 97.6 Å². The summed E-state index contributed by atoms with van der Waals surface area (Å²) in [7, 11) is -4.54. The molecule has 4 unspecified atom stereocenters. The van der Waals surface area contributed by atoms with Crippen LogP contribution in [-0.4, -0.2) is 89.2 Å². The lowest BCUT2D eigenvalue weighted by molar-refractivity contribution is -0.242. The van der Waals surface area contributed by atoms with Crippen LogP contribution in [0.5, 0.6) is 0 Å². The van der Waals surface area contributed by atoms with Crippen molar-refractivity contribution in [1.29, 1.82) is 5.41 Å². The van der Waals surface area contributed by atoms with Gasteiger partial charge in [-0.2, -0.15) is 0 Å². The summed E-state index contributed by atoms with van der Waals surface area (Å²) in [4.78, 5) is 10.0. The molecule has 1 aliphatic carbocycles. The van der Waals surface area contributed by atoms with Crippen molar-refractivity contribution in [3.63, 3.8) is 0 Å². The van der Waals surface area contributed by atoms with E-state index in [-0.39, 0.29) is 36.0 Å². The number of likely N-dealkylation sites (tertiary alicyclic amines) is 1. The number of aromatic nitrogens is 1. The molecule has 1 aromatic rings. The third-order valence-electron chi connectivity index (χ3n) is 8.08. The predicted molar refractivity (Wildman–Crippen MR) is 180 cm³/mol. The average molecular weight is 680 g/mol. The van der Waals surface area contributed by atoms with E-state index >= 15 is 4.39 Å². The Morgan fingerprint density at radius 1 is 1.28 bits per heavy atom. The molecule has 2 heterocycles. The monoisotopic (exact) mass is 679 g/mol. The Bertz CT molecular complexity index is 1510. The molecular formula is C34H48F3N5O4S. The molecule has 2 N–H and O–H groups in total. The summed E-state index contributed by atoms with van der Waals surface area (Å²) in [6.45, 7) is 11.4. The molecule has 260 valence electrons. The van der Waals surface area contributed by atoms with Gasteiger partial charge in [0.15, 0.2) is 5.67 Å². The molecule has 1 saturated heterocycles. The van der Waals surface area contributed by atoms with Gasteiger partial charge in [-0.3, -0.25) is 19.2 Å². The molecule has 1 aliphatic heterocycles. The molecule has 1 fully saturated rings. The fourth-order valence-corrected chi connectivity index (χ4v) is 7.01. The number of halogens is 3. The number of aliphatic hydroxyl groups is 1. The number of sulfonamides is 1. The smallest absolute Gasteiger partial charge is 0.262 e. The van der Waals surface area contributed by atoms with E-state index in [4.69, 9.17) is 9.73 Å². The molecule has 0 aromatic carbocycles. The van der Waals surface area contributed by atoms with E-state index in [0.29, 0.717) is 31.5 Å². The van der Waals surface area contributed by atoms with Crippen LogP contribution >= 0.6 is 0 Å². The van der Waals surface area contributed by atoms with Crippen molar-refractivity contribution in [3.8, 4) is 0 Å². The maximum atomic E-state index is 17.0. The van der Waals surface area contributed by atoms with Crippen molar-refractivity contribution in [2.75, 3.05) is 19.6 Å². The topological polar surface area (TPSA) is 119 Å². The van der Waals surface area contributed by atoms with Gasteiger partial charge >= 0.3 is 0 Å². The van der Waals surface area contributed by atoms with E-state index < -0.39 is 50.5 Å². The molecule has 4 atom stereocenters. The number of alkyl halides is 2. The van der Waals surface area contributed by atoms with Crippen molar-refractivity contribution >= 4 is 21.9 Å². The van der Waals surface area contributed by atoms with Crippen molar-refractivity contribution < 1.29 is 31.4 Å². The normalized spacial score (nSPS) is 22.9. The lowest BCUT2D eigenvalue weighted by Gasteiger charge is -2.38. The van der Waals surface area contributed by atoms with E-state index in [1.165, 1.54) is 26.8 Å². The lowest BCUT2D eigenvalue weighted by Crippen LogP contribution is -2.46. The second-order valence-electron chi connectivity index (χ2n) is 12.9. The molecule has 3 rings (SSSR count). The number of ether oxygens (including phenoxy) is 1. The van der Waals surface area contributed by atoms with Gasteiger partial charge in [0, 0.05) is 43.8 Å². The van der Waals surface area contributed by atoms with Gasteiger partial charge in [-0.1, -0.05) is 12.2 Å². The zero-order valence-electron chi connectivity index (χ0n) is 28.3. The molecule has 0 radical (unpaired) electrons. The van der Waals surface area contributed by atoms with Gasteiger partial charge in [-0.15, -0.1) is 0 Å². The van der Waals surface area contributed by atoms with Crippen LogP contribution in [0.2, 0.25) is 0 Å². The zero-order valence-corrected chi connectivity index (χ0v) is 29.1. The lowest BCUT2D eigenvalue weighted by atomic mass is 9.80. The van der Waals surface area contributed by atoms with Crippen molar-refractivity contribution in [2.24, 2.45) is 4.99 Å². The minimum absolute atomic E-state index is 0.0255. The molecule has 47 heavy (non-hydrogen) atoms. The van der Waals surface area contributed by atoms with E-state index in [1.54, 1.807) is 36.8 Å². The van der Waals surface area contributed by atoms with Crippen molar-refractivity contribution in [1.82, 2.24) is 14.2 Å². The summed E-state index contributed by atoms with van der Waals surface area (Å²) < 4.78 is 78.6. The number of aliphatic hydroxyl groups excluding tert-OH is 1. The van der Waals surface area contributed by atoms with Crippen LogP contribution in [0.3, 0.4) is 0 Å². The number of aliphatic imine (C=N–C) groups is 1. The van der Waals surface area contributed by atoms with E-state index in [1.807, 2.05) is 25.7 Å². The first-order valence-corrected chi connectivity index (χ1v) is 17.3. The third-order valence-corrected chi connectivity index (χ3v) is 10.1. The number of hydrogen-bond acceptors (Lipinski definition) is 8. The van der Waals surface area contributed by atoms with E-state index in [9.17, 15) is 27.7 Å². The summed E-state index contributed by atoms with van der Waals surface area (Å²) in [5.74, 6) is -1.92. The Morgan fingerprint density at radius 3 is 2.45 bits per heavy atom. The van der Waals surface area contributed by atoms with Crippen LogP contribution in [0.15, 0.2) is 75.8 Å². The second kappa shape index (κ2) is 15.8. The van der Waals surface area contributed by atoms with Crippen LogP contribution in [0, 0.1) is 5.41 Å². The summed E-state index contributed by atoms with van der Waals surface area (Å²) in [5, 5.41) is 19.7. The molecular weight excluding hydrogens is 631 g/mol. The maximum absolute atomic E-state index is 17.0. The van der Waals surface area contributed by atoms with Gasteiger partial charge < -0.3 is 15.3 Å². The Morgan fingerprint density at radius 2 is 1.89 bits per heavy atom. The van der Waals surface area contributed by atoms with Crippen molar-refractivity contribution in [3.05, 3.63) is 76.4 Å². The Hall–Kier alpha value is -3.13. The minimum atomic E-state index is -4.54. The van der Waals surface area contributed by atoms with E-state index in [0.717, 1.165) is 23.4 Å². The first-order chi connectivity index (χ1) is 21.9. The van der Waals surface area contributed by atoms with Gasteiger partial charge in [0.1, 0.15) is 12.0 Å². The summed E-state index contributed by atoms with van der Waals surface area (Å²) in [5.41, 5.74) is -2.65. The highest BCUT2D eigenvalue weighted by atomic mass is 32.2. The zero-order chi connectivity index (χ0) is 35.2. The number of nitrogens with zero attached hydrogens (tertiary/aromatic N) is 4. The van der Waals surface area contributed by atoms with Crippen LogP contribution in [0.1, 0.15) is 79.2 Å². The van der Waals surface area contributed by atoms with Gasteiger partial charge in [0.05, 0.1) is 33.9 Å². The second-order valence-corrected chi connectivity index (χ2v) is 14.9. The van der Waals surface area contributed by atoms with Gasteiger partial charge in [0.25, 0.3) is 10.0 Å². The first kappa shape index (κ1) is 38.3. The SMILES string of the molecule is CCN(C1=CCC=C(C(=N)C(C=NC2CCN(C(O)OC(C)(C)C)CC2)c2ccncc2)C1(C)F)S(=O)(=O)C(C)=C(F)C=CC(C)F.